The molecule has 0 saturated carbocycles. The molecular formula is C53H96NO7+. The summed E-state index contributed by atoms with van der Waals surface area (Å²) in [6.45, 7) is 4.64. The first-order chi connectivity index (χ1) is 29.6. The fraction of sp³-hybridized carbons (Fsp3) is 0.792. The Bertz CT molecular complexity index is 1140. The summed E-state index contributed by atoms with van der Waals surface area (Å²) >= 11 is 0. The van der Waals surface area contributed by atoms with E-state index >= 15 is 0 Å². The Morgan fingerprint density at radius 1 is 0.508 bits per heavy atom. The molecule has 0 aliphatic carbocycles. The van der Waals surface area contributed by atoms with Crippen LogP contribution in [-0.2, 0) is 28.6 Å². The van der Waals surface area contributed by atoms with Crippen molar-refractivity contribution in [1.82, 2.24) is 0 Å². The number of likely N-dealkylation sites (N-methyl/N-ethyl adjacent to an activating group) is 1. The van der Waals surface area contributed by atoms with Gasteiger partial charge in [-0.05, 0) is 51.4 Å². The van der Waals surface area contributed by atoms with E-state index in [2.05, 4.69) is 62.5 Å². The normalized spacial score (nSPS) is 13.3. The number of esters is 2. The molecule has 0 spiro atoms. The molecule has 354 valence electrons. The molecule has 0 aromatic carbocycles. The molecule has 2 unspecified atom stereocenters. The number of nitrogens with zero attached hydrogens (tertiary/aromatic N) is 1. The average molecular weight is 859 g/mol. The number of carboxylic acid groups (broad SMARTS) is 1. The number of allylic oxidation sites excluding steroid dienone is 8. The predicted octanol–water partition coefficient (Wildman–Crippen LogP) is 14.4. The molecule has 0 radical (unpaired) electrons. The molecule has 8 nitrogen and oxygen atoms in total. The third-order valence-corrected chi connectivity index (χ3v) is 11.2. The molecule has 0 fully saturated rings. The number of carboxylic acids is 1. The Morgan fingerprint density at radius 2 is 0.918 bits per heavy atom. The number of hydrogen-bond acceptors (Lipinski definition) is 6. The maximum atomic E-state index is 12.8. The third kappa shape index (κ3) is 42.4. The van der Waals surface area contributed by atoms with Crippen molar-refractivity contribution >= 4 is 17.9 Å². The van der Waals surface area contributed by atoms with Crippen molar-refractivity contribution in [3.05, 3.63) is 48.6 Å². The minimum Gasteiger partial charge on any atom is -0.477 e. The highest BCUT2D eigenvalue weighted by Gasteiger charge is 2.31. The van der Waals surface area contributed by atoms with E-state index in [-0.39, 0.29) is 36.2 Å². The third-order valence-electron chi connectivity index (χ3n) is 11.2. The van der Waals surface area contributed by atoms with Gasteiger partial charge in [-0.2, -0.15) is 0 Å². The zero-order valence-electron chi connectivity index (χ0n) is 40.4. The van der Waals surface area contributed by atoms with Gasteiger partial charge < -0.3 is 23.8 Å². The highest BCUT2D eigenvalue weighted by atomic mass is 16.6. The monoisotopic (exact) mass is 859 g/mol. The summed E-state index contributed by atoms with van der Waals surface area (Å²) in [5.41, 5.74) is 0. The molecule has 0 aromatic heterocycles. The maximum absolute atomic E-state index is 12.8. The zero-order valence-corrected chi connectivity index (χ0v) is 40.4. The van der Waals surface area contributed by atoms with Gasteiger partial charge in [-0.15, -0.1) is 0 Å². The van der Waals surface area contributed by atoms with E-state index in [1.54, 1.807) is 0 Å². The predicted molar refractivity (Wildman–Crippen MR) is 257 cm³/mol. The number of rotatable bonds is 45. The average Bonchev–Trinajstić information content (AvgIpc) is 3.22. The van der Waals surface area contributed by atoms with Crippen LogP contribution in [0.25, 0.3) is 0 Å². The van der Waals surface area contributed by atoms with Gasteiger partial charge in [0.05, 0.1) is 34.4 Å². The van der Waals surface area contributed by atoms with Gasteiger partial charge in [0.15, 0.2) is 12.1 Å². The Balaban J connectivity index is 4.27. The van der Waals surface area contributed by atoms with E-state index in [1.165, 1.54) is 109 Å². The fourth-order valence-corrected chi connectivity index (χ4v) is 7.38. The molecule has 1 N–H and O–H groups in total. The number of aliphatic carboxylic acids is 1. The summed E-state index contributed by atoms with van der Waals surface area (Å²) in [5.74, 6) is -1.48. The molecule has 0 rings (SSSR count). The molecule has 0 bridgehead atoms. The van der Waals surface area contributed by atoms with Crippen molar-refractivity contribution in [2.45, 2.75) is 231 Å². The Kier molecular flexibility index (Phi) is 42.0. The van der Waals surface area contributed by atoms with Crippen LogP contribution >= 0.6 is 0 Å². The lowest BCUT2D eigenvalue weighted by atomic mass is 10.0. The molecule has 0 saturated heterocycles. The molecule has 0 aliphatic rings. The minimum atomic E-state index is -0.876. The molecular weight excluding hydrogens is 763 g/mol. The molecule has 0 aliphatic heterocycles. The van der Waals surface area contributed by atoms with Crippen molar-refractivity contribution < 1.29 is 38.2 Å². The Hall–Kier alpha value is -2.71. The highest BCUT2D eigenvalue weighted by Crippen LogP contribution is 2.16. The number of ether oxygens (including phenoxy) is 3. The second-order valence-electron chi connectivity index (χ2n) is 18.1. The molecule has 2 atom stereocenters. The van der Waals surface area contributed by atoms with E-state index in [0.717, 1.165) is 77.0 Å². The van der Waals surface area contributed by atoms with Crippen LogP contribution in [0.4, 0.5) is 0 Å². The van der Waals surface area contributed by atoms with Crippen LogP contribution in [0.2, 0.25) is 0 Å². The molecule has 8 heteroatoms. The van der Waals surface area contributed by atoms with E-state index in [4.69, 9.17) is 14.2 Å². The van der Waals surface area contributed by atoms with Gasteiger partial charge >= 0.3 is 17.9 Å². The maximum Gasteiger partial charge on any atom is 0.362 e. The Morgan fingerprint density at radius 3 is 1.36 bits per heavy atom. The van der Waals surface area contributed by atoms with Gasteiger partial charge in [-0.1, -0.05) is 197 Å². The van der Waals surface area contributed by atoms with Gasteiger partial charge in [-0.25, -0.2) is 4.79 Å². The van der Waals surface area contributed by atoms with E-state index in [1.807, 2.05) is 21.1 Å². The summed E-state index contributed by atoms with van der Waals surface area (Å²) < 4.78 is 17.3. The van der Waals surface area contributed by atoms with Crippen LogP contribution in [-0.4, -0.2) is 80.6 Å². The van der Waals surface area contributed by atoms with Gasteiger partial charge in [0.25, 0.3) is 0 Å². The van der Waals surface area contributed by atoms with Crippen LogP contribution in [0, 0.1) is 0 Å². The smallest absolute Gasteiger partial charge is 0.362 e. The molecule has 0 aromatic rings. The SMILES string of the molecule is CC/C=C\C/C=C\C/C=C\C/C=C\CCCCCCCCC(=O)OC(COCCC(C(=O)O)[N+](C)(C)C)COC(=O)CCCCCCCCCCCCCCCCCCCC. The largest absolute Gasteiger partial charge is 0.477 e. The summed E-state index contributed by atoms with van der Waals surface area (Å²) in [7, 11) is 5.53. The van der Waals surface area contributed by atoms with Crippen LogP contribution in [0.3, 0.4) is 0 Å². The van der Waals surface area contributed by atoms with Crippen molar-refractivity contribution in [2.75, 3.05) is 41.0 Å². The van der Waals surface area contributed by atoms with Gasteiger partial charge in [0.2, 0.25) is 0 Å². The number of carbonyl (C=O) groups excluding carboxylic acids is 2. The quantitative estimate of drug-likeness (QED) is 0.0282. The van der Waals surface area contributed by atoms with Crippen molar-refractivity contribution in [3.63, 3.8) is 0 Å². The van der Waals surface area contributed by atoms with Crippen LogP contribution < -0.4 is 0 Å². The number of hydrogen-bond donors (Lipinski definition) is 1. The summed E-state index contributed by atoms with van der Waals surface area (Å²) in [4.78, 5) is 37.1. The lowest BCUT2D eigenvalue weighted by molar-refractivity contribution is -0.887. The number of unbranched alkanes of at least 4 members (excludes halogenated alkanes) is 23. The van der Waals surface area contributed by atoms with Crippen molar-refractivity contribution in [1.29, 1.82) is 0 Å². The number of carbonyl (C=O) groups is 3. The van der Waals surface area contributed by atoms with Crippen molar-refractivity contribution in [3.8, 4) is 0 Å². The molecule has 0 heterocycles. The molecule has 61 heavy (non-hydrogen) atoms. The van der Waals surface area contributed by atoms with Gasteiger partial charge in [0, 0.05) is 19.3 Å². The minimum absolute atomic E-state index is 0.0550. The van der Waals surface area contributed by atoms with Crippen LogP contribution in [0.15, 0.2) is 48.6 Å². The second kappa shape index (κ2) is 43.9. The van der Waals surface area contributed by atoms with E-state index < -0.39 is 18.1 Å². The lowest BCUT2D eigenvalue weighted by Gasteiger charge is -2.31. The summed E-state index contributed by atoms with van der Waals surface area (Å²) in [6, 6.07) is -0.618. The zero-order chi connectivity index (χ0) is 44.9. The fourth-order valence-electron chi connectivity index (χ4n) is 7.38. The topological polar surface area (TPSA) is 99.1 Å². The van der Waals surface area contributed by atoms with E-state index in [0.29, 0.717) is 19.3 Å². The highest BCUT2D eigenvalue weighted by molar-refractivity contribution is 5.72. The standard InChI is InChI=1S/C53H95NO7/c1-6-8-10-12-14-16-18-20-22-24-26-28-30-32-34-36-38-40-42-44-52(56)61-49(47-59-46-45-50(53(57)58)54(3,4)5)48-60-51(55)43-41-39-37-35-33-31-29-27-25-23-21-19-17-15-13-11-9-7-2/h8,10,14,16,20,22,26,28,49-50H,6-7,9,11-13,15,17-19,21,23-25,27,29-48H2,1-5H3/p+1/b10-8-,16-14-,22-20-,28-26-. The van der Waals surface area contributed by atoms with Gasteiger partial charge in [-0.3, -0.25) is 9.59 Å². The van der Waals surface area contributed by atoms with E-state index in [9.17, 15) is 19.5 Å². The van der Waals surface area contributed by atoms with Crippen molar-refractivity contribution in [2.24, 2.45) is 0 Å². The number of quaternary nitrogens is 1. The Labute approximate surface area is 376 Å². The first-order valence-corrected chi connectivity index (χ1v) is 25.2. The summed E-state index contributed by atoms with van der Waals surface area (Å²) in [5, 5.41) is 9.65. The van der Waals surface area contributed by atoms with Crippen LogP contribution in [0.1, 0.15) is 219 Å². The molecule has 0 amide bonds. The second-order valence-corrected chi connectivity index (χ2v) is 18.1. The van der Waals surface area contributed by atoms with Crippen LogP contribution in [0.5, 0.6) is 0 Å². The first kappa shape index (κ1) is 58.3. The first-order valence-electron chi connectivity index (χ1n) is 25.2. The lowest BCUT2D eigenvalue weighted by Crippen LogP contribution is -2.50. The summed E-state index contributed by atoms with van der Waals surface area (Å²) in [6.07, 6.45) is 53.0. The van der Waals surface area contributed by atoms with Gasteiger partial charge in [0.1, 0.15) is 6.61 Å².